The standard InChI is InChI=1S/C18H18F2N4O4S2/c19-17(20)16-9-14-13(3-6-21-18(14)23-16)15-2-1-12(10-22-15)30(27,28)24-11-4-7-29(25,26)8-5-11/h1-3,6,9-11,17,24H,4-5,7-8H2,(H,21,23). The van der Waals surface area contributed by atoms with Crippen molar-refractivity contribution in [1.29, 1.82) is 0 Å². The number of rotatable bonds is 5. The van der Waals surface area contributed by atoms with Crippen molar-refractivity contribution in [2.24, 2.45) is 0 Å². The van der Waals surface area contributed by atoms with Crippen LogP contribution in [0.3, 0.4) is 0 Å². The van der Waals surface area contributed by atoms with Gasteiger partial charge in [0.2, 0.25) is 10.0 Å². The molecule has 1 fully saturated rings. The third kappa shape index (κ3) is 4.20. The van der Waals surface area contributed by atoms with E-state index in [1.807, 2.05) is 0 Å². The number of fused-ring (bicyclic) bond motifs is 1. The molecule has 160 valence electrons. The monoisotopic (exact) mass is 456 g/mol. The van der Waals surface area contributed by atoms with Crippen LogP contribution in [0.1, 0.15) is 25.0 Å². The van der Waals surface area contributed by atoms with Gasteiger partial charge in [0.25, 0.3) is 6.43 Å². The van der Waals surface area contributed by atoms with Crippen LogP contribution in [0.4, 0.5) is 8.78 Å². The zero-order chi connectivity index (χ0) is 21.5. The molecular formula is C18H18F2N4O4S2. The number of alkyl halides is 2. The predicted octanol–water partition coefficient (Wildman–Crippen LogP) is 2.42. The van der Waals surface area contributed by atoms with Gasteiger partial charge in [0.05, 0.1) is 22.9 Å². The molecule has 1 saturated heterocycles. The highest BCUT2D eigenvalue weighted by Crippen LogP contribution is 2.30. The van der Waals surface area contributed by atoms with Crippen molar-refractivity contribution in [3.63, 3.8) is 0 Å². The lowest BCUT2D eigenvalue weighted by Crippen LogP contribution is -2.40. The average Bonchev–Trinajstić information content (AvgIpc) is 3.14. The third-order valence-electron chi connectivity index (χ3n) is 4.99. The highest BCUT2D eigenvalue weighted by atomic mass is 32.2. The predicted molar refractivity (Wildman–Crippen MR) is 106 cm³/mol. The lowest BCUT2D eigenvalue weighted by atomic mass is 10.1. The fourth-order valence-electron chi connectivity index (χ4n) is 3.38. The number of pyridine rings is 2. The molecule has 0 aromatic carbocycles. The van der Waals surface area contributed by atoms with Gasteiger partial charge in [0, 0.05) is 29.4 Å². The Morgan fingerprint density at radius 3 is 2.50 bits per heavy atom. The molecule has 0 unspecified atom stereocenters. The number of aromatic nitrogens is 3. The minimum atomic E-state index is -3.87. The van der Waals surface area contributed by atoms with E-state index in [0.717, 1.165) is 0 Å². The number of nitrogens with zero attached hydrogens (tertiary/aromatic N) is 2. The van der Waals surface area contributed by atoms with E-state index in [1.165, 1.54) is 30.6 Å². The number of H-pyrrole nitrogens is 1. The van der Waals surface area contributed by atoms with Crippen molar-refractivity contribution in [2.75, 3.05) is 11.5 Å². The molecule has 2 N–H and O–H groups in total. The van der Waals surface area contributed by atoms with Gasteiger partial charge >= 0.3 is 0 Å². The Labute approximate surface area is 171 Å². The van der Waals surface area contributed by atoms with Gasteiger partial charge in [-0.25, -0.2) is 35.3 Å². The van der Waals surface area contributed by atoms with Crippen LogP contribution in [0.25, 0.3) is 22.3 Å². The van der Waals surface area contributed by atoms with Crippen molar-refractivity contribution in [2.45, 2.75) is 30.2 Å². The van der Waals surface area contributed by atoms with E-state index in [9.17, 15) is 25.6 Å². The molecule has 3 aromatic rings. The quantitative estimate of drug-likeness (QED) is 0.608. The van der Waals surface area contributed by atoms with Crippen molar-refractivity contribution >= 4 is 30.9 Å². The van der Waals surface area contributed by atoms with Crippen LogP contribution >= 0.6 is 0 Å². The molecule has 30 heavy (non-hydrogen) atoms. The topological polar surface area (TPSA) is 122 Å². The maximum absolute atomic E-state index is 13.0. The summed E-state index contributed by atoms with van der Waals surface area (Å²) >= 11 is 0. The van der Waals surface area contributed by atoms with E-state index >= 15 is 0 Å². The van der Waals surface area contributed by atoms with Gasteiger partial charge in [0.15, 0.2) is 0 Å². The Bertz CT molecular complexity index is 1280. The summed E-state index contributed by atoms with van der Waals surface area (Å²) in [5, 5.41) is 0.456. The SMILES string of the molecule is O=S1(=O)CCC(NS(=O)(=O)c2ccc(-c3ccnc4[nH]c(C(F)F)cc34)nc2)CC1. The first-order valence-electron chi connectivity index (χ1n) is 9.09. The van der Waals surface area contributed by atoms with Gasteiger partial charge in [-0.15, -0.1) is 0 Å². The summed E-state index contributed by atoms with van der Waals surface area (Å²) in [6.07, 6.45) is 0.413. The van der Waals surface area contributed by atoms with Gasteiger partial charge in [0.1, 0.15) is 20.4 Å². The van der Waals surface area contributed by atoms with Gasteiger partial charge in [-0.05, 0) is 37.1 Å². The summed E-state index contributed by atoms with van der Waals surface area (Å²) < 4.78 is 76.7. The van der Waals surface area contributed by atoms with Crippen LogP contribution in [0.2, 0.25) is 0 Å². The molecule has 3 aromatic heterocycles. The summed E-state index contributed by atoms with van der Waals surface area (Å²) in [6.45, 7) is 0. The number of halogens is 2. The fourth-order valence-corrected chi connectivity index (χ4v) is 6.12. The molecule has 0 saturated carbocycles. The third-order valence-corrected chi connectivity index (χ3v) is 8.21. The van der Waals surface area contributed by atoms with Crippen LogP contribution in [0, 0.1) is 0 Å². The van der Waals surface area contributed by atoms with Gasteiger partial charge in [-0.1, -0.05) is 0 Å². The van der Waals surface area contributed by atoms with Gasteiger partial charge in [-0.3, -0.25) is 4.98 Å². The molecule has 0 atom stereocenters. The van der Waals surface area contributed by atoms with E-state index in [-0.39, 0.29) is 40.6 Å². The molecule has 0 amide bonds. The summed E-state index contributed by atoms with van der Waals surface area (Å²) in [4.78, 5) is 10.7. The second kappa shape index (κ2) is 7.67. The van der Waals surface area contributed by atoms with E-state index in [1.54, 1.807) is 6.07 Å². The zero-order valence-corrected chi connectivity index (χ0v) is 17.2. The first-order chi connectivity index (χ1) is 14.1. The molecule has 0 bridgehead atoms. The number of nitrogens with one attached hydrogen (secondary N) is 2. The van der Waals surface area contributed by atoms with Crippen molar-refractivity contribution in [3.8, 4) is 11.3 Å². The number of hydrogen-bond acceptors (Lipinski definition) is 6. The number of aromatic amines is 1. The number of sulfone groups is 1. The second-order valence-corrected chi connectivity index (χ2v) is 11.1. The summed E-state index contributed by atoms with van der Waals surface area (Å²) in [6, 6.07) is 5.32. The molecule has 4 heterocycles. The van der Waals surface area contributed by atoms with E-state index < -0.39 is 32.3 Å². The fraction of sp³-hybridized carbons (Fsp3) is 0.333. The van der Waals surface area contributed by atoms with Gasteiger partial charge < -0.3 is 4.98 Å². The first-order valence-corrected chi connectivity index (χ1v) is 12.4. The summed E-state index contributed by atoms with van der Waals surface area (Å²) in [5.41, 5.74) is 0.973. The Morgan fingerprint density at radius 2 is 1.87 bits per heavy atom. The second-order valence-electron chi connectivity index (χ2n) is 7.07. The largest absolute Gasteiger partial charge is 0.338 e. The average molecular weight is 456 g/mol. The molecule has 8 nitrogen and oxygen atoms in total. The van der Waals surface area contributed by atoms with E-state index in [0.29, 0.717) is 16.6 Å². The Hall–Kier alpha value is -2.44. The molecule has 4 rings (SSSR count). The molecule has 1 aliphatic rings. The smallest absolute Gasteiger partial charge is 0.278 e. The minimum absolute atomic E-state index is 0.0489. The molecule has 1 aliphatic heterocycles. The van der Waals surface area contributed by atoms with Crippen LogP contribution in [-0.2, 0) is 19.9 Å². The van der Waals surface area contributed by atoms with E-state index in [2.05, 4.69) is 19.7 Å². The Balaban J connectivity index is 1.58. The molecule has 0 aliphatic carbocycles. The lowest BCUT2D eigenvalue weighted by Gasteiger charge is -2.22. The molecule has 0 spiro atoms. The maximum Gasteiger partial charge on any atom is 0.278 e. The maximum atomic E-state index is 13.0. The van der Waals surface area contributed by atoms with Gasteiger partial charge in [-0.2, -0.15) is 0 Å². The normalized spacial score (nSPS) is 17.6. The Kier molecular flexibility index (Phi) is 5.32. The number of sulfonamides is 1. The van der Waals surface area contributed by atoms with Crippen molar-refractivity contribution < 1.29 is 25.6 Å². The van der Waals surface area contributed by atoms with Crippen LogP contribution in [0.15, 0.2) is 41.6 Å². The highest BCUT2D eigenvalue weighted by molar-refractivity contribution is 7.91. The lowest BCUT2D eigenvalue weighted by molar-refractivity contribution is 0.147. The van der Waals surface area contributed by atoms with Crippen LogP contribution in [0.5, 0.6) is 0 Å². The summed E-state index contributed by atoms with van der Waals surface area (Å²) in [5.74, 6) is -0.0978. The van der Waals surface area contributed by atoms with Crippen molar-refractivity contribution in [1.82, 2.24) is 19.7 Å². The molecule has 0 radical (unpaired) electrons. The molecular weight excluding hydrogens is 438 g/mol. The Morgan fingerprint density at radius 1 is 1.13 bits per heavy atom. The van der Waals surface area contributed by atoms with Crippen molar-refractivity contribution in [3.05, 3.63) is 42.4 Å². The van der Waals surface area contributed by atoms with Crippen LogP contribution < -0.4 is 4.72 Å². The minimum Gasteiger partial charge on any atom is -0.338 e. The number of hydrogen-bond donors (Lipinski definition) is 2. The van der Waals surface area contributed by atoms with E-state index in [4.69, 9.17) is 0 Å². The van der Waals surface area contributed by atoms with Crippen LogP contribution in [-0.4, -0.2) is 49.3 Å². The summed E-state index contributed by atoms with van der Waals surface area (Å²) in [7, 11) is -6.97. The molecule has 12 heteroatoms. The highest BCUT2D eigenvalue weighted by Gasteiger charge is 2.27. The first kappa shape index (κ1) is 20.8. The zero-order valence-electron chi connectivity index (χ0n) is 15.5.